The molecule has 1 aliphatic heterocycles. The van der Waals surface area contributed by atoms with Gasteiger partial charge in [-0.2, -0.15) is 0 Å². The monoisotopic (exact) mass is 369 g/mol. The minimum absolute atomic E-state index is 0.290. The van der Waals surface area contributed by atoms with E-state index >= 15 is 0 Å². The van der Waals surface area contributed by atoms with E-state index in [9.17, 15) is 13.6 Å². The van der Waals surface area contributed by atoms with Crippen LogP contribution in [0.2, 0.25) is 0 Å². The fourth-order valence-electron chi connectivity index (χ4n) is 2.19. The van der Waals surface area contributed by atoms with Crippen molar-refractivity contribution in [3.63, 3.8) is 0 Å². The van der Waals surface area contributed by atoms with E-state index in [4.69, 9.17) is 0 Å². The molecule has 1 amide bonds. The highest BCUT2D eigenvalue weighted by Crippen LogP contribution is 2.37. The summed E-state index contributed by atoms with van der Waals surface area (Å²) in [5.74, 6) is -1.98. The predicted octanol–water partition coefficient (Wildman–Crippen LogP) is 4.38. The van der Waals surface area contributed by atoms with Gasteiger partial charge in [-0.1, -0.05) is 34.1 Å². The third-order valence-electron chi connectivity index (χ3n) is 3.19. The zero-order chi connectivity index (χ0) is 15.0. The van der Waals surface area contributed by atoms with Crippen molar-refractivity contribution in [2.45, 2.75) is 16.6 Å². The number of thioether (sulfide) groups is 1. The summed E-state index contributed by atoms with van der Waals surface area (Å²) in [6, 6.07) is 9.95. The minimum Gasteiger partial charge on any atom is -0.320 e. The van der Waals surface area contributed by atoms with Crippen LogP contribution in [0.1, 0.15) is 5.56 Å². The fourth-order valence-corrected chi connectivity index (χ4v) is 3.79. The van der Waals surface area contributed by atoms with Gasteiger partial charge in [0.05, 0.1) is 5.25 Å². The third kappa shape index (κ3) is 2.96. The number of carbonyl (C=O) groups excluding carboxylic acids is 1. The maximum absolute atomic E-state index is 13.7. The van der Waals surface area contributed by atoms with Crippen molar-refractivity contribution in [3.8, 4) is 0 Å². The van der Waals surface area contributed by atoms with Crippen LogP contribution in [-0.2, 0) is 11.2 Å². The Morgan fingerprint density at radius 1 is 1.24 bits per heavy atom. The molecule has 0 aromatic heterocycles. The molecule has 0 fully saturated rings. The quantitative estimate of drug-likeness (QED) is 0.850. The first-order valence-electron chi connectivity index (χ1n) is 6.24. The van der Waals surface area contributed by atoms with Crippen LogP contribution in [0.5, 0.6) is 0 Å². The first-order valence-corrected chi connectivity index (χ1v) is 7.92. The number of halogens is 3. The standard InChI is InChI=1S/C15H10BrF2NOS/c16-9-6-10(17)14(11(18)7-9)19-15(20)13-5-8-3-1-2-4-12(8)21-13/h1-4,6-7,13H,5H2,(H,19,20). The fraction of sp³-hybridized carbons (Fsp3) is 0.133. The molecule has 0 spiro atoms. The molecule has 1 heterocycles. The number of carbonyl (C=O) groups is 1. The Morgan fingerprint density at radius 2 is 1.90 bits per heavy atom. The van der Waals surface area contributed by atoms with Crippen molar-refractivity contribution < 1.29 is 13.6 Å². The van der Waals surface area contributed by atoms with Gasteiger partial charge >= 0.3 is 0 Å². The lowest BCUT2D eigenvalue weighted by Crippen LogP contribution is -2.25. The van der Waals surface area contributed by atoms with E-state index in [-0.39, 0.29) is 9.72 Å². The van der Waals surface area contributed by atoms with Crippen LogP contribution in [0, 0.1) is 11.6 Å². The van der Waals surface area contributed by atoms with Gasteiger partial charge in [0.25, 0.3) is 0 Å². The highest BCUT2D eigenvalue weighted by molar-refractivity contribution is 9.10. The van der Waals surface area contributed by atoms with E-state index in [0.717, 1.165) is 22.6 Å². The van der Waals surface area contributed by atoms with Gasteiger partial charge in [0.1, 0.15) is 5.69 Å². The average Bonchev–Trinajstić information content (AvgIpc) is 2.86. The van der Waals surface area contributed by atoms with Crippen LogP contribution in [0.15, 0.2) is 45.8 Å². The largest absolute Gasteiger partial charge is 0.320 e. The topological polar surface area (TPSA) is 29.1 Å². The number of amides is 1. The van der Waals surface area contributed by atoms with E-state index in [2.05, 4.69) is 21.2 Å². The van der Waals surface area contributed by atoms with Gasteiger partial charge in [0.15, 0.2) is 11.6 Å². The summed E-state index contributed by atoms with van der Waals surface area (Å²) in [5, 5.41) is 1.98. The van der Waals surface area contributed by atoms with Crippen molar-refractivity contribution in [1.82, 2.24) is 0 Å². The number of fused-ring (bicyclic) bond motifs is 1. The van der Waals surface area contributed by atoms with Gasteiger partial charge in [0.2, 0.25) is 5.91 Å². The zero-order valence-electron chi connectivity index (χ0n) is 10.7. The van der Waals surface area contributed by atoms with Crippen LogP contribution in [0.4, 0.5) is 14.5 Å². The van der Waals surface area contributed by atoms with Gasteiger partial charge in [0, 0.05) is 9.37 Å². The summed E-state index contributed by atoms with van der Waals surface area (Å²) in [7, 11) is 0. The highest BCUT2D eigenvalue weighted by atomic mass is 79.9. The molecular formula is C15H10BrF2NOS. The molecule has 2 nitrogen and oxygen atoms in total. The second-order valence-corrected chi connectivity index (χ2v) is 6.81. The van der Waals surface area contributed by atoms with Gasteiger partial charge < -0.3 is 5.32 Å². The Morgan fingerprint density at radius 3 is 2.57 bits per heavy atom. The maximum Gasteiger partial charge on any atom is 0.238 e. The molecule has 1 N–H and O–H groups in total. The van der Waals surface area contributed by atoms with E-state index < -0.39 is 23.2 Å². The molecule has 1 unspecified atom stereocenters. The number of hydrogen-bond donors (Lipinski definition) is 1. The summed E-state index contributed by atoms with van der Waals surface area (Å²) < 4.78 is 27.7. The molecule has 2 aromatic carbocycles. The molecule has 2 aromatic rings. The normalized spacial score (nSPS) is 16.6. The average molecular weight is 370 g/mol. The van der Waals surface area contributed by atoms with Crippen molar-refractivity contribution in [2.75, 3.05) is 5.32 Å². The Balaban J connectivity index is 1.77. The molecule has 0 saturated carbocycles. The molecule has 0 radical (unpaired) electrons. The van der Waals surface area contributed by atoms with Crippen molar-refractivity contribution in [1.29, 1.82) is 0 Å². The van der Waals surface area contributed by atoms with E-state index in [1.54, 1.807) is 0 Å². The lowest BCUT2D eigenvalue weighted by atomic mass is 10.1. The molecule has 108 valence electrons. The minimum atomic E-state index is -0.796. The van der Waals surface area contributed by atoms with Crippen molar-refractivity contribution in [2.24, 2.45) is 0 Å². The second-order valence-electron chi connectivity index (χ2n) is 4.65. The van der Waals surface area contributed by atoms with Crippen LogP contribution >= 0.6 is 27.7 Å². The molecule has 0 aliphatic carbocycles. The Kier molecular flexibility index (Phi) is 3.99. The summed E-state index contributed by atoms with van der Waals surface area (Å²) >= 11 is 4.41. The van der Waals surface area contributed by atoms with E-state index in [1.165, 1.54) is 11.8 Å². The summed E-state index contributed by atoms with van der Waals surface area (Å²) in [5.41, 5.74) is 0.680. The number of hydrogen-bond acceptors (Lipinski definition) is 2. The Hall–Kier alpha value is -1.40. The molecule has 0 bridgehead atoms. The van der Waals surface area contributed by atoms with Gasteiger partial charge in [-0.25, -0.2) is 8.78 Å². The lowest BCUT2D eigenvalue weighted by Gasteiger charge is -2.11. The number of benzene rings is 2. The van der Waals surface area contributed by atoms with Gasteiger partial charge in [-0.3, -0.25) is 4.79 Å². The van der Waals surface area contributed by atoms with Crippen LogP contribution in [-0.4, -0.2) is 11.2 Å². The Labute approximate surface area is 133 Å². The van der Waals surface area contributed by atoms with Crippen LogP contribution in [0.3, 0.4) is 0 Å². The van der Waals surface area contributed by atoms with Gasteiger partial charge in [-0.15, -0.1) is 11.8 Å². The third-order valence-corrected chi connectivity index (χ3v) is 4.97. The van der Waals surface area contributed by atoms with E-state index in [0.29, 0.717) is 6.42 Å². The number of rotatable bonds is 2. The molecular weight excluding hydrogens is 360 g/mol. The molecule has 1 atom stereocenters. The molecule has 1 aliphatic rings. The first-order chi connectivity index (χ1) is 10.0. The van der Waals surface area contributed by atoms with Crippen molar-refractivity contribution >= 4 is 39.3 Å². The molecule has 6 heteroatoms. The lowest BCUT2D eigenvalue weighted by molar-refractivity contribution is -0.115. The number of nitrogens with one attached hydrogen (secondary N) is 1. The van der Waals surface area contributed by atoms with Crippen LogP contribution < -0.4 is 5.32 Å². The van der Waals surface area contributed by atoms with E-state index in [1.807, 2.05) is 24.3 Å². The summed E-state index contributed by atoms with van der Waals surface area (Å²) in [6.45, 7) is 0. The predicted molar refractivity (Wildman–Crippen MR) is 82.5 cm³/mol. The zero-order valence-corrected chi connectivity index (χ0v) is 13.1. The SMILES string of the molecule is O=C(Nc1c(F)cc(Br)cc1F)C1Cc2ccccc2S1. The van der Waals surface area contributed by atoms with Crippen LogP contribution in [0.25, 0.3) is 0 Å². The smallest absolute Gasteiger partial charge is 0.238 e. The number of anilines is 1. The molecule has 3 rings (SSSR count). The highest BCUT2D eigenvalue weighted by Gasteiger charge is 2.29. The van der Waals surface area contributed by atoms with Crippen molar-refractivity contribution in [3.05, 3.63) is 58.1 Å². The summed E-state index contributed by atoms with van der Waals surface area (Å²) in [6.07, 6.45) is 0.562. The maximum atomic E-state index is 13.7. The Bertz CT molecular complexity index is 675. The molecule has 21 heavy (non-hydrogen) atoms. The molecule has 0 saturated heterocycles. The summed E-state index contributed by atoms with van der Waals surface area (Å²) in [4.78, 5) is 13.2. The second kappa shape index (κ2) is 5.77. The van der Waals surface area contributed by atoms with Gasteiger partial charge in [-0.05, 0) is 30.2 Å². The first kappa shape index (κ1) is 14.5.